The minimum atomic E-state index is 0. The van der Waals surface area contributed by atoms with E-state index in [0.29, 0.717) is 12.3 Å². The number of carbonyl (C=O) groups excluding carboxylic acids is 1. The Balaban J connectivity index is 0.00000115. The summed E-state index contributed by atoms with van der Waals surface area (Å²) in [5.74, 6) is 1.14. The summed E-state index contributed by atoms with van der Waals surface area (Å²) in [6.45, 7) is 13.1. The SMILES string of the molecule is CC.CC1CCN(C(=O)CCN2CC[N-]CC2)CC1.[Y]. The molecule has 4 nitrogen and oxygen atoms in total. The number of piperazine rings is 1. The van der Waals surface area contributed by atoms with Gasteiger partial charge in [-0.25, -0.2) is 0 Å². The average Bonchev–Trinajstić information content (AvgIpc) is 2.49. The summed E-state index contributed by atoms with van der Waals surface area (Å²) in [4.78, 5) is 16.4. The van der Waals surface area contributed by atoms with Crippen molar-refractivity contribution in [2.75, 3.05) is 45.8 Å². The van der Waals surface area contributed by atoms with E-state index in [1.165, 1.54) is 12.8 Å². The Morgan fingerprint density at radius 3 is 2.20 bits per heavy atom. The van der Waals surface area contributed by atoms with E-state index in [9.17, 15) is 4.79 Å². The van der Waals surface area contributed by atoms with Crippen molar-refractivity contribution < 1.29 is 37.5 Å². The van der Waals surface area contributed by atoms with Gasteiger partial charge in [-0.2, -0.15) is 0 Å². The van der Waals surface area contributed by atoms with Crippen LogP contribution in [0.25, 0.3) is 5.32 Å². The van der Waals surface area contributed by atoms with Gasteiger partial charge >= 0.3 is 0 Å². The fourth-order valence-electron chi connectivity index (χ4n) is 2.54. The molecule has 5 heteroatoms. The van der Waals surface area contributed by atoms with Gasteiger partial charge in [-0.3, -0.25) is 4.79 Å². The van der Waals surface area contributed by atoms with Gasteiger partial charge in [0, 0.05) is 58.8 Å². The van der Waals surface area contributed by atoms with E-state index in [4.69, 9.17) is 0 Å². The predicted octanol–water partition coefficient (Wildman–Crippen LogP) is 2.35. The first-order valence-corrected chi connectivity index (χ1v) is 7.89. The molecule has 2 aliphatic heterocycles. The molecular formula is C15H30N3OY-. The number of carbonyl (C=O) groups is 1. The first-order valence-electron chi connectivity index (χ1n) is 7.89. The van der Waals surface area contributed by atoms with Crippen molar-refractivity contribution in [2.45, 2.75) is 40.0 Å². The molecule has 1 amide bonds. The smallest absolute Gasteiger partial charge is 0.223 e. The first kappa shape index (κ1) is 20.5. The normalized spacial score (nSPS) is 20.6. The van der Waals surface area contributed by atoms with Gasteiger partial charge in [0.25, 0.3) is 0 Å². The Bertz CT molecular complexity index is 250. The fraction of sp³-hybridized carbons (Fsp3) is 0.933. The van der Waals surface area contributed by atoms with E-state index in [0.717, 1.165) is 51.7 Å². The molecule has 2 aliphatic rings. The zero-order valence-electron chi connectivity index (χ0n) is 13.5. The van der Waals surface area contributed by atoms with Crippen LogP contribution in [0.1, 0.15) is 40.0 Å². The summed E-state index contributed by atoms with van der Waals surface area (Å²) in [7, 11) is 0. The van der Waals surface area contributed by atoms with Crippen LogP contribution in [-0.4, -0.2) is 61.5 Å². The second-order valence-corrected chi connectivity index (χ2v) is 5.33. The summed E-state index contributed by atoms with van der Waals surface area (Å²) in [6.07, 6.45) is 3.04. The summed E-state index contributed by atoms with van der Waals surface area (Å²) >= 11 is 0. The molecule has 0 atom stereocenters. The molecule has 0 bridgehead atoms. The van der Waals surface area contributed by atoms with E-state index in [2.05, 4.69) is 17.1 Å². The van der Waals surface area contributed by atoms with Gasteiger partial charge in [0.2, 0.25) is 5.91 Å². The molecule has 0 aromatic heterocycles. The van der Waals surface area contributed by atoms with Crippen LogP contribution in [0, 0.1) is 5.92 Å². The molecule has 0 spiro atoms. The summed E-state index contributed by atoms with van der Waals surface area (Å²) < 4.78 is 0. The zero-order valence-corrected chi connectivity index (χ0v) is 16.3. The maximum absolute atomic E-state index is 12.0. The number of amides is 1. The molecule has 0 aromatic carbocycles. The van der Waals surface area contributed by atoms with Crippen LogP contribution in [0.4, 0.5) is 0 Å². The van der Waals surface area contributed by atoms with Gasteiger partial charge in [0.1, 0.15) is 0 Å². The fourth-order valence-corrected chi connectivity index (χ4v) is 2.54. The molecular weight excluding hydrogens is 327 g/mol. The maximum atomic E-state index is 12.0. The monoisotopic (exact) mass is 357 g/mol. The minimum Gasteiger partial charge on any atom is -0.660 e. The van der Waals surface area contributed by atoms with Crippen LogP contribution >= 0.6 is 0 Å². The van der Waals surface area contributed by atoms with Gasteiger partial charge < -0.3 is 15.1 Å². The molecule has 0 N–H and O–H groups in total. The number of nitrogens with zero attached hydrogens (tertiary/aromatic N) is 3. The van der Waals surface area contributed by atoms with Crippen molar-refractivity contribution in [1.29, 1.82) is 0 Å². The van der Waals surface area contributed by atoms with E-state index in [-0.39, 0.29) is 32.7 Å². The third-order valence-electron chi connectivity index (χ3n) is 3.93. The van der Waals surface area contributed by atoms with E-state index in [1.54, 1.807) is 0 Å². The Morgan fingerprint density at radius 1 is 1.10 bits per heavy atom. The Hall–Kier alpha value is 0.494. The van der Waals surface area contributed by atoms with Gasteiger partial charge in [0.15, 0.2) is 0 Å². The van der Waals surface area contributed by atoms with E-state index >= 15 is 0 Å². The number of likely N-dealkylation sites (tertiary alicyclic amines) is 1. The average molecular weight is 357 g/mol. The predicted molar refractivity (Wildman–Crippen MR) is 80.5 cm³/mol. The molecule has 2 heterocycles. The molecule has 0 unspecified atom stereocenters. The van der Waals surface area contributed by atoms with E-state index < -0.39 is 0 Å². The summed E-state index contributed by atoms with van der Waals surface area (Å²) in [5.41, 5.74) is 0. The molecule has 1 radical (unpaired) electrons. The molecule has 2 rings (SSSR count). The number of piperidine rings is 1. The standard InChI is InChI=1S/C13H24N3O.C2H6.Y/c1-12-2-8-16(9-3-12)13(17)4-7-15-10-5-14-6-11-15;1-2;/h12H,2-11H2,1H3;1-2H3;/q-1;;. The van der Waals surface area contributed by atoms with Crippen molar-refractivity contribution in [3.05, 3.63) is 5.32 Å². The summed E-state index contributed by atoms with van der Waals surface area (Å²) in [5, 5.41) is 4.32. The number of hydrogen-bond acceptors (Lipinski definition) is 2. The Labute approximate surface area is 149 Å². The molecule has 20 heavy (non-hydrogen) atoms. The minimum absolute atomic E-state index is 0. The van der Waals surface area contributed by atoms with Gasteiger partial charge in [0.05, 0.1) is 0 Å². The van der Waals surface area contributed by atoms with Crippen LogP contribution in [0.3, 0.4) is 0 Å². The third-order valence-corrected chi connectivity index (χ3v) is 3.93. The van der Waals surface area contributed by atoms with Gasteiger partial charge in [-0.15, -0.1) is 13.1 Å². The zero-order chi connectivity index (χ0) is 14.1. The topological polar surface area (TPSA) is 37.7 Å². The number of hydrogen-bond donors (Lipinski definition) is 0. The van der Waals surface area contributed by atoms with Crippen LogP contribution < -0.4 is 0 Å². The van der Waals surface area contributed by atoms with Crippen molar-refractivity contribution in [1.82, 2.24) is 9.80 Å². The quantitative estimate of drug-likeness (QED) is 0.778. The van der Waals surface area contributed by atoms with Crippen molar-refractivity contribution in [2.24, 2.45) is 5.92 Å². The van der Waals surface area contributed by atoms with Crippen molar-refractivity contribution in [3.8, 4) is 0 Å². The van der Waals surface area contributed by atoms with Gasteiger partial charge in [-0.1, -0.05) is 20.8 Å². The molecule has 115 valence electrons. The maximum Gasteiger partial charge on any atom is 0.223 e. The second-order valence-electron chi connectivity index (χ2n) is 5.33. The van der Waals surface area contributed by atoms with Crippen molar-refractivity contribution >= 4 is 5.91 Å². The molecule has 0 aliphatic carbocycles. The molecule has 2 fully saturated rings. The Kier molecular flexibility index (Phi) is 12.4. The van der Waals surface area contributed by atoms with Gasteiger partial charge in [-0.05, 0) is 31.8 Å². The largest absolute Gasteiger partial charge is 0.660 e. The Morgan fingerprint density at radius 2 is 1.65 bits per heavy atom. The van der Waals surface area contributed by atoms with Crippen molar-refractivity contribution in [3.63, 3.8) is 0 Å². The molecule has 0 aromatic rings. The van der Waals surface area contributed by atoms with Crippen LogP contribution in [0.15, 0.2) is 0 Å². The number of rotatable bonds is 3. The summed E-state index contributed by atoms with van der Waals surface area (Å²) in [6, 6.07) is 0. The van der Waals surface area contributed by atoms with Crippen LogP contribution in [-0.2, 0) is 37.5 Å². The van der Waals surface area contributed by atoms with Crippen LogP contribution in [0.5, 0.6) is 0 Å². The first-order chi connectivity index (χ1) is 9.25. The molecule has 2 saturated heterocycles. The second kappa shape index (κ2) is 12.1. The molecule has 0 saturated carbocycles. The third kappa shape index (κ3) is 7.49. The van der Waals surface area contributed by atoms with E-state index in [1.807, 2.05) is 18.7 Å². The van der Waals surface area contributed by atoms with Crippen LogP contribution in [0.2, 0.25) is 0 Å².